The van der Waals surface area contributed by atoms with Crippen molar-refractivity contribution in [2.24, 2.45) is 0 Å². The van der Waals surface area contributed by atoms with Gasteiger partial charge in [-0.2, -0.15) is 0 Å². The molecule has 0 bridgehead atoms. The number of nitrogens with zero attached hydrogens (tertiary/aromatic N) is 2. The Morgan fingerprint density at radius 3 is 2.57 bits per heavy atom. The molecule has 3 rings (SSSR count). The summed E-state index contributed by atoms with van der Waals surface area (Å²) in [6.45, 7) is 3.98. The third kappa shape index (κ3) is 3.72. The normalized spacial score (nSPS) is 19.0. The number of nitrogens with one attached hydrogen (secondary N) is 2. The Hall–Kier alpha value is -2.90. The molecule has 2 heterocycles. The average molecular weight is 386 g/mol. The monoisotopic (exact) mass is 386 g/mol. The van der Waals surface area contributed by atoms with E-state index in [0.29, 0.717) is 31.5 Å². The molecule has 8 heteroatoms. The number of piperidine rings is 1. The lowest BCUT2D eigenvalue weighted by molar-refractivity contribution is -0.134. The van der Waals surface area contributed by atoms with E-state index in [1.807, 2.05) is 19.9 Å². The van der Waals surface area contributed by atoms with Gasteiger partial charge in [0.05, 0.1) is 0 Å². The minimum Gasteiger partial charge on any atom is -0.324 e. The van der Waals surface area contributed by atoms with Crippen molar-refractivity contribution >= 4 is 35.1 Å². The van der Waals surface area contributed by atoms with Gasteiger partial charge in [-0.1, -0.05) is 19.9 Å². The topological polar surface area (TPSA) is 98.8 Å². The van der Waals surface area contributed by atoms with Crippen LogP contribution in [0.2, 0.25) is 0 Å². The number of carbonyl (C=O) groups is 4. The molecule has 5 amide bonds. The Balaban J connectivity index is 1.67. The molecular formula is C20H26N4O4. The van der Waals surface area contributed by atoms with Crippen LogP contribution in [0.5, 0.6) is 0 Å². The molecule has 150 valence electrons. The maximum atomic E-state index is 12.6. The van der Waals surface area contributed by atoms with Gasteiger partial charge in [0.15, 0.2) is 0 Å². The SMILES string of the molecule is CCC1(CC)NC(=O)N(CC(=O)Nc2cccc(N3CCCCC3=O)c2)C1=O. The molecule has 2 saturated heterocycles. The van der Waals surface area contributed by atoms with Gasteiger partial charge in [-0.05, 0) is 43.9 Å². The van der Waals surface area contributed by atoms with Gasteiger partial charge in [0.2, 0.25) is 11.8 Å². The van der Waals surface area contributed by atoms with Crippen LogP contribution in [0.25, 0.3) is 0 Å². The molecular weight excluding hydrogens is 360 g/mol. The molecule has 2 aliphatic rings. The van der Waals surface area contributed by atoms with Crippen molar-refractivity contribution < 1.29 is 19.2 Å². The lowest BCUT2D eigenvalue weighted by Gasteiger charge is -2.27. The lowest BCUT2D eigenvalue weighted by Crippen LogP contribution is -2.46. The molecule has 0 atom stereocenters. The first-order valence-corrected chi connectivity index (χ1v) is 9.74. The molecule has 1 aromatic rings. The summed E-state index contributed by atoms with van der Waals surface area (Å²) in [6, 6.07) is 6.49. The molecule has 2 aliphatic heterocycles. The van der Waals surface area contributed by atoms with Gasteiger partial charge in [0.1, 0.15) is 12.1 Å². The summed E-state index contributed by atoms with van der Waals surface area (Å²) in [4.78, 5) is 52.0. The standard InChI is InChI=1S/C20H26N4O4/c1-3-20(4-2)18(27)24(19(28)22-20)13-16(25)21-14-8-7-9-15(12-14)23-11-6-5-10-17(23)26/h7-9,12H,3-6,10-11,13H2,1-2H3,(H,21,25)(H,22,28). The van der Waals surface area contributed by atoms with Crippen molar-refractivity contribution in [3.05, 3.63) is 24.3 Å². The molecule has 2 fully saturated rings. The second-order valence-corrected chi connectivity index (χ2v) is 7.21. The number of anilines is 2. The van der Waals surface area contributed by atoms with Crippen molar-refractivity contribution in [3.63, 3.8) is 0 Å². The van der Waals surface area contributed by atoms with Crippen molar-refractivity contribution in [1.29, 1.82) is 0 Å². The van der Waals surface area contributed by atoms with E-state index in [9.17, 15) is 19.2 Å². The van der Waals surface area contributed by atoms with E-state index in [2.05, 4.69) is 10.6 Å². The molecule has 0 aromatic heterocycles. The van der Waals surface area contributed by atoms with Gasteiger partial charge in [0, 0.05) is 24.3 Å². The van der Waals surface area contributed by atoms with E-state index >= 15 is 0 Å². The van der Waals surface area contributed by atoms with Crippen molar-refractivity contribution in [2.75, 3.05) is 23.3 Å². The van der Waals surface area contributed by atoms with Crippen LogP contribution in [-0.2, 0) is 14.4 Å². The highest BCUT2D eigenvalue weighted by atomic mass is 16.2. The summed E-state index contributed by atoms with van der Waals surface area (Å²) in [5.74, 6) is -0.761. The fourth-order valence-electron chi connectivity index (χ4n) is 3.72. The van der Waals surface area contributed by atoms with Crippen molar-refractivity contribution in [2.45, 2.75) is 51.5 Å². The van der Waals surface area contributed by atoms with Crippen LogP contribution in [0.1, 0.15) is 46.0 Å². The van der Waals surface area contributed by atoms with Crippen LogP contribution >= 0.6 is 0 Å². The van der Waals surface area contributed by atoms with Gasteiger partial charge >= 0.3 is 6.03 Å². The number of hydrogen-bond donors (Lipinski definition) is 2. The van der Waals surface area contributed by atoms with E-state index in [1.165, 1.54) is 0 Å². The van der Waals surface area contributed by atoms with E-state index in [0.717, 1.165) is 23.4 Å². The largest absolute Gasteiger partial charge is 0.325 e. The number of imide groups is 1. The predicted octanol–water partition coefficient (Wildman–Crippen LogP) is 2.25. The summed E-state index contributed by atoms with van der Waals surface area (Å²) in [6.07, 6.45) is 3.31. The first kappa shape index (κ1) is 19.9. The van der Waals surface area contributed by atoms with Gasteiger partial charge in [-0.3, -0.25) is 19.3 Å². The number of carbonyl (C=O) groups excluding carboxylic acids is 4. The number of rotatable bonds is 6. The van der Waals surface area contributed by atoms with Gasteiger partial charge in [-0.15, -0.1) is 0 Å². The molecule has 2 N–H and O–H groups in total. The quantitative estimate of drug-likeness (QED) is 0.733. The van der Waals surface area contributed by atoms with Crippen LogP contribution in [0.3, 0.4) is 0 Å². The lowest BCUT2D eigenvalue weighted by atomic mass is 9.93. The maximum absolute atomic E-state index is 12.6. The number of amides is 5. The summed E-state index contributed by atoms with van der Waals surface area (Å²) in [5, 5.41) is 5.42. The third-order valence-electron chi connectivity index (χ3n) is 5.52. The Kier molecular flexibility index (Phi) is 5.67. The Morgan fingerprint density at radius 1 is 1.18 bits per heavy atom. The zero-order valence-corrected chi connectivity index (χ0v) is 16.3. The molecule has 1 aromatic carbocycles. The first-order valence-electron chi connectivity index (χ1n) is 9.74. The fraction of sp³-hybridized carbons (Fsp3) is 0.500. The van der Waals surface area contributed by atoms with Crippen molar-refractivity contribution in [1.82, 2.24) is 10.2 Å². The Bertz CT molecular complexity index is 803. The highest BCUT2D eigenvalue weighted by molar-refractivity contribution is 6.10. The summed E-state index contributed by atoms with van der Waals surface area (Å²) in [7, 11) is 0. The zero-order valence-electron chi connectivity index (χ0n) is 16.3. The van der Waals surface area contributed by atoms with Crippen molar-refractivity contribution in [3.8, 4) is 0 Å². The van der Waals surface area contributed by atoms with E-state index in [4.69, 9.17) is 0 Å². The zero-order chi connectivity index (χ0) is 20.3. The predicted molar refractivity (Wildman–Crippen MR) is 105 cm³/mol. The highest BCUT2D eigenvalue weighted by Gasteiger charge is 2.49. The number of hydrogen-bond acceptors (Lipinski definition) is 4. The van der Waals surface area contributed by atoms with E-state index in [-0.39, 0.29) is 18.4 Å². The fourth-order valence-corrected chi connectivity index (χ4v) is 3.72. The molecule has 0 aliphatic carbocycles. The van der Waals surface area contributed by atoms with E-state index < -0.39 is 17.5 Å². The van der Waals surface area contributed by atoms with Crippen LogP contribution in [-0.4, -0.2) is 47.3 Å². The molecule has 0 spiro atoms. The number of urea groups is 1. The smallest absolute Gasteiger partial charge is 0.324 e. The van der Waals surface area contributed by atoms with Gasteiger partial charge in [0.25, 0.3) is 5.91 Å². The first-order chi connectivity index (χ1) is 13.4. The number of benzene rings is 1. The van der Waals surface area contributed by atoms with Crippen LogP contribution in [0.4, 0.5) is 16.2 Å². The van der Waals surface area contributed by atoms with Crippen LogP contribution < -0.4 is 15.5 Å². The van der Waals surface area contributed by atoms with Crippen LogP contribution in [0.15, 0.2) is 24.3 Å². The molecule has 8 nitrogen and oxygen atoms in total. The Morgan fingerprint density at radius 2 is 1.93 bits per heavy atom. The second kappa shape index (κ2) is 8.00. The van der Waals surface area contributed by atoms with Gasteiger partial charge < -0.3 is 15.5 Å². The molecule has 28 heavy (non-hydrogen) atoms. The molecule has 0 saturated carbocycles. The Labute approximate surface area is 164 Å². The molecule has 0 unspecified atom stereocenters. The van der Waals surface area contributed by atoms with Crippen LogP contribution in [0, 0.1) is 0 Å². The molecule has 0 radical (unpaired) electrons. The second-order valence-electron chi connectivity index (χ2n) is 7.21. The summed E-state index contributed by atoms with van der Waals surface area (Å²) < 4.78 is 0. The average Bonchev–Trinajstić information content (AvgIpc) is 2.93. The van der Waals surface area contributed by atoms with E-state index in [1.54, 1.807) is 23.1 Å². The maximum Gasteiger partial charge on any atom is 0.325 e. The van der Waals surface area contributed by atoms with Gasteiger partial charge in [-0.25, -0.2) is 4.79 Å². The highest BCUT2D eigenvalue weighted by Crippen LogP contribution is 2.26. The minimum atomic E-state index is -0.925. The summed E-state index contributed by atoms with van der Waals surface area (Å²) >= 11 is 0. The third-order valence-corrected chi connectivity index (χ3v) is 5.52. The summed E-state index contributed by atoms with van der Waals surface area (Å²) in [5.41, 5.74) is 0.324. The minimum absolute atomic E-state index is 0.0736.